The first-order chi connectivity index (χ1) is 8.72. The number of hydrogen-bond donors (Lipinski definition) is 2. The van der Waals surface area contributed by atoms with Gasteiger partial charge in [0.25, 0.3) is 0 Å². The van der Waals surface area contributed by atoms with Crippen molar-refractivity contribution >= 4 is 6.03 Å². The molecule has 0 unspecified atom stereocenters. The fourth-order valence-corrected chi connectivity index (χ4v) is 2.17. The summed E-state index contributed by atoms with van der Waals surface area (Å²) in [6, 6.07) is 6.70. The van der Waals surface area contributed by atoms with Crippen molar-refractivity contribution in [2.24, 2.45) is 5.92 Å². The number of urea groups is 1. The molecule has 18 heavy (non-hydrogen) atoms. The Hall–Kier alpha value is -1.58. The molecule has 0 spiro atoms. The average Bonchev–Trinajstić information content (AvgIpc) is 3.21. The Bertz CT molecular complexity index is 438. The van der Waals surface area contributed by atoms with E-state index < -0.39 is 0 Å². The molecular formula is C14H17FN2O. The number of carbonyl (C=O) groups excluding carboxylic acids is 1. The second-order valence-corrected chi connectivity index (χ2v) is 5.26. The first-order valence-electron chi connectivity index (χ1n) is 6.55. The zero-order valence-corrected chi connectivity index (χ0v) is 10.2. The molecule has 4 heteroatoms. The summed E-state index contributed by atoms with van der Waals surface area (Å²) in [5.74, 6) is 0.260. The summed E-state index contributed by atoms with van der Waals surface area (Å²) < 4.78 is 12.9. The van der Waals surface area contributed by atoms with Gasteiger partial charge >= 0.3 is 6.03 Å². The highest BCUT2D eigenvalue weighted by Gasteiger charge is 2.34. The number of benzene rings is 1. The minimum atomic E-state index is -0.240. The highest BCUT2D eigenvalue weighted by atomic mass is 19.1. The summed E-state index contributed by atoms with van der Waals surface area (Å²) in [6.45, 7) is 0. The molecule has 2 fully saturated rings. The molecule has 0 aromatic heterocycles. The number of amides is 2. The van der Waals surface area contributed by atoms with Crippen molar-refractivity contribution in [3.8, 4) is 0 Å². The third-order valence-electron chi connectivity index (χ3n) is 3.52. The zero-order chi connectivity index (χ0) is 12.5. The molecule has 0 bridgehead atoms. The Morgan fingerprint density at radius 2 is 1.83 bits per heavy atom. The lowest BCUT2D eigenvalue weighted by atomic mass is 10.0. The standard InChI is InChI=1S/C14H17FN2O/c15-11-5-3-10(4-6-11)13(9-1-2-9)17-14(18)16-12-7-8-12/h3-6,9,12-13H,1-2,7-8H2,(H2,16,17,18)/t13-/m1/s1. The van der Waals surface area contributed by atoms with Gasteiger partial charge in [-0.1, -0.05) is 12.1 Å². The third-order valence-corrected chi connectivity index (χ3v) is 3.52. The Balaban J connectivity index is 1.67. The second kappa shape index (κ2) is 4.59. The van der Waals surface area contributed by atoms with Crippen molar-refractivity contribution in [1.82, 2.24) is 10.6 Å². The summed E-state index contributed by atoms with van der Waals surface area (Å²) in [4.78, 5) is 11.8. The highest BCUT2D eigenvalue weighted by molar-refractivity contribution is 5.75. The Labute approximate surface area is 106 Å². The molecule has 3 rings (SSSR count). The molecule has 1 aromatic carbocycles. The van der Waals surface area contributed by atoms with Gasteiger partial charge in [-0.05, 0) is 49.3 Å². The number of halogens is 1. The number of nitrogens with one attached hydrogen (secondary N) is 2. The predicted octanol–water partition coefficient (Wildman–Crippen LogP) is 2.74. The molecule has 0 heterocycles. The van der Waals surface area contributed by atoms with Gasteiger partial charge in [0.05, 0.1) is 6.04 Å². The van der Waals surface area contributed by atoms with Gasteiger partial charge in [-0.25, -0.2) is 9.18 Å². The molecule has 2 amide bonds. The minimum Gasteiger partial charge on any atom is -0.335 e. The maximum absolute atomic E-state index is 12.9. The van der Waals surface area contributed by atoms with E-state index in [4.69, 9.17) is 0 Å². The lowest BCUT2D eigenvalue weighted by molar-refractivity contribution is 0.235. The van der Waals surface area contributed by atoms with Crippen LogP contribution in [-0.4, -0.2) is 12.1 Å². The molecule has 2 aliphatic rings. The van der Waals surface area contributed by atoms with Gasteiger partial charge in [0.2, 0.25) is 0 Å². The van der Waals surface area contributed by atoms with Crippen molar-refractivity contribution in [3.05, 3.63) is 35.6 Å². The third kappa shape index (κ3) is 2.81. The maximum Gasteiger partial charge on any atom is 0.315 e. The highest BCUT2D eigenvalue weighted by Crippen LogP contribution is 2.41. The van der Waals surface area contributed by atoms with Gasteiger partial charge in [-0.15, -0.1) is 0 Å². The van der Waals surface area contributed by atoms with Gasteiger partial charge in [0.15, 0.2) is 0 Å². The van der Waals surface area contributed by atoms with Crippen LogP contribution in [0, 0.1) is 11.7 Å². The molecule has 2 N–H and O–H groups in total. The van der Waals surface area contributed by atoms with Gasteiger partial charge in [0.1, 0.15) is 5.82 Å². The number of rotatable bonds is 4. The van der Waals surface area contributed by atoms with E-state index in [1.807, 2.05) is 0 Å². The molecule has 1 aromatic rings. The first-order valence-corrected chi connectivity index (χ1v) is 6.55. The van der Waals surface area contributed by atoms with Gasteiger partial charge in [-0.2, -0.15) is 0 Å². The van der Waals surface area contributed by atoms with Crippen molar-refractivity contribution < 1.29 is 9.18 Å². The van der Waals surface area contributed by atoms with Crippen molar-refractivity contribution in [1.29, 1.82) is 0 Å². The van der Waals surface area contributed by atoms with E-state index in [0.29, 0.717) is 12.0 Å². The van der Waals surface area contributed by atoms with Crippen LogP contribution in [0.15, 0.2) is 24.3 Å². The quantitative estimate of drug-likeness (QED) is 0.845. The first kappa shape index (κ1) is 11.5. The SMILES string of the molecule is O=C(NC1CC1)N[C@@H](c1ccc(F)cc1)C1CC1. The average molecular weight is 248 g/mol. The van der Waals surface area contributed by atoms with Crippen LogP contribution in [0.2, 0.25) is 0 Å². The van der Waals surface area contributed by atoms with E-state index in [1.54, 1.807) is 12.1 Å². The molecule has 3 nitrogen and oxygen atoms in total. The largest absolute Gasteiger partial charge is 0.335 e. The lowest BCUT2D eigenvalue weighted by Gasteiger charge is -2.19. The summed E-state index contributed by atoms with van der Waals surface area (Å²) in [5.41, 5.74) is 0.991. The molecule has 0 saturated heterocycles. The maximum atomic E-state index is 12.9. The van der Waals surface area contributed by atoms with E-state index >= 15 is 0 Å². The van der Waals surface area contributed by atoms with Crippen LogP contribution in [0.5, 0.6) is 0 Å². The molecule has 2 saturated carbocycles. The van der Waals surface area contributed by atoms with Crippen molar-refractivity contribution in [3.63, 3.8) is 0 Å². The van der Waals surface area contributed by atoms with E-state index in [2.05, 4.69) is 10.6 Å². The van der Waals surface area contributed by atoms with Crippen LogP contribution in [-0.2, 0) is 0 Å². The van der Waals surface area contributed by atoms with Gasteiger partial charge in [0, 0.05) is 6.04 Å². The Kier molecular flexibility index (Phi) is 2.94. The number of carbonyl (C=O) groups is 1. The minimum absolute atomic E-state index is 0.0179. The summed E-state index contributed by atoms with van der Waals surface area (Å²) >= 11 is 0. The second-order valence-electron chi connectivity index (χ2n) is 5.26. The number of hydrogen-bond acceptors (Lipinski definition) is 1. The van der Waals surface area contributed by atoms with Crippen LogP contribution < -0.4 is 10.6 Å². The fourth-order valence-electron chi connectivity index (χ4n) is 2.17. The summed E-state index contributed by atoms with van der Waals surface area (Å²) in [6.07, 6.45) is 4.42. The van der Waals surface area contributed by atoms with Gasteiger partial charge < -0.3 is 10.6 Å². The molecular weight excluding hydrogens is 231 g/mol. The smallest absolute Gasteiger partial charge is 0.315 e. The molecule has 1 atom stereocenters. The van der Waals surface area contributed by atoms with Crippen LogP contribution >= 0.6 is 0 Å². The molecule has 96 valence electrons. The van der Waals surface area contributed by atoms with Crippen LogP contribution in [0.25, 0.3) is 0 Å². The van der Waals surface area contributed by atoms with E-state index in [0.717, 1.165) is 31.2 Å². The van der Waals surface area contributed by atoms with Crippen LogP contribution in [0.1, 0.15) is 37.3 Å². The van der Waals surface area contributed by atoms with Gasteiger partial charge in [-0.3, -0.25) is 0 Å². The Morgan fingerprint density at radius 1 is 1.17 bits per heavy atom. The van der Waals surface area contributed by atoms with Crippen LogP contribution in [0.4, 0.5) is 9.18 Å². The van der Waals surface area contributed by atoms with Crippen LogP contribution in [0.3, 0.4) is 0 Å². The fraction of sp³-hybridized carbons (Fsp3) is 0.500. The topological polar surface area (TPSA) is 41.1 Å². The molecule has 0 aliphatic heterocycles. The lowest BCUT2D eigenvalue weighted by Crippen LogP contribution is -2.39. The zero-order valence-electron chi connectivity index (χ0n) is 10.2. The summed E-state index contributed by atoms with van der Waals surface area (Å²) in [7, 11) is 0. The van der Waals surface area contributed by atoms with E-state index in [-0.39, 0.29) is 17.9 Å². The Morgan fingerprint density at radius 3 is 2.39 bits per heavy atom. The predicted molar refractivity (Wildman–Crippen MR) is 66.6 cm³/mol. The molecule has 2 aliphatic carbocycles. The normalized spacial score (nSPS) is 20.3. The van der Waals surface area contributed by atoms with Crippen molar-refractivity contribution in [2.45, 2.75) is 37.8 Å². The monoisotopic (exact) mass is 248 g/mol. The van der Waals surface area contributed by atoms with E-state index in [1.165, 1.54) is 12.1 Å². The van der Waals surface area contributed by atoms with Crippen molar-refractivity contribution in [2.75, 3.05) is 0 Å². The van der Waals surface area contributed by atoms with E-state index in [9.17, 15) is 9.18 Å². The summed E-state index contributed by atoms with van der Waals surface area (Å²) in [5, 5.41) is 5.94. The molecule has 0 radical (unpaired) electrons.